The van der Waals surface area contributed by atoms with Crippen molar-refractivity contribution in [2.75, 3.05) is 7.11 Å². The van der Waals surface area contributed by atoms with Crippen LogP contribution >= 0.6 is 34.5 Å². The maximum atomic E-state index is 6.50. The molecule has 2 rings (SSSR count). The predicted molar refractivity (Wildman–Crippen MR) is 79.5 cm³/mol. The van der Waals surface area contributed by atoms with Crippen LogP contribution in [-0.4, -0.2) is 7.11 Å². The zero-order chi connectivity index (χ0) is 13.3. The number of hydrogen-bond donors (Lipinski definition) is 0. The third-order valence-corrected chi connectivity index (χ3v) is 5.03. The molecule has 0 radical (unpaired) electrons. The van der Waals surface area contributed by atoms with Crippen molar-refractivity contribution in [1.82, 2.24) is 0 Å². The summed E-state index contributed by atoms with van der Waals surface area (Å²) >= 11 is 14.3. The molecule has 1 heterocycles. The summed E-state index contributed by atoms with van der Waals surface area (Å²) in [5.41, 5.74) is 2.27. The van der Waals surface area contributed by atoms with Crippen molar-refractivity contribution in [3.8, 4) is 5.75 Å². The van der Waals surface area contributed by atoms with E-state index in [1.54, 1.807) is 18.4 Å². The molecule has 0 amide bonds. The Morgan fingerprint density at radius 1 is 1.22 bits per heavy atom. The second-order valence-electron chi connectivity index (χ2n) is 4.14. The number of alkyl halides is 1. The smallest absolute Gasteiger partial charge is 0.137 e. The van der Waals surface area contributed by atoms with Crippen LogP contribution < -0.4 is 4.74 Å². The number of rotatable bonds is 3. The lowest BCUT2D eigenvalue weighted by molar-refractivity contribution is 0.415. The summed E-state index contributed by atoms with van der Waals surface area (Å²) in [4.78, 5) is 2.45. The fourth-order valence-corrected chi connectivity index (χ4v) is 3.38. The summed E-state index contributed by atoms with van der Waals surface area (Å²) < 4.78 is 5.14. The van der Waals surface area contributed by atoms with Crippen LogP contribution in [0.4, 0.5) is 0 Å². The Balaban J connectivity index is 2.33. The van der Waals surface area contributed by atoms with Gasteiger partial charge in [0, 0.05) is 9.75 Å². The largest absolute Gasteiger partial charge is 0.495 e. The fraction of sp³-hybridized carbons (Fsp3) is 0.286. The first-order valence-electron chi connectivity index (χ1n) is 5.57. The number of hydrogen-bond acceptors (Lipinski definition) is 2. The minimum Gasteiger partial charge on any atom is -0.495 e. The number of benzene rings is 1. The van der Waals surface area contributed by atoms with Gasteiger partial charge in [-0.1, -0.05) is 17.7 Å². The monoisotopic (exact) mass is 300 g/mol. The summed E-state index contributed by atoms with van der Waals surface area (Å²) in [6.45, 7) is 4.20. The molecule has 96 valence electrons. The van der Waals surface area contributed by atoms with Crippen LogP contribution in [0.25, 0.3) is 0 Å². The Morgan fingerprint density at radius 2 is 1.94 bits per heavy atom. The molecule has 1 aromatic heterocycles. The van der Waals surface area contributed by atoms with Crippen molar-refractivity contribution >= 4 is 34.5 Å². The highest BCUT2D eigenvalue weighted by molar-refractivity contribution is 7.12. The average Bonchev–Trinajstić information content (AvgIpc) is 2.68. The minimum atomic E-state index is -0.161. The summed E-state index contributed by atoms with van der Waals surface area (Å²) in [7, 11) is 1.60. The molecule has 0 spiro atoms. The van der Waals surface area contributed by atoms with Crippen LogP contribution in [0.5, 0.6) is 5.75 Å². The van der Waals surface area contributed by atoms with Gasteiger partial charge in [-0.05, 0) is 43.2 Å². The molecule has 0 aliphatic carbocycles. The average molecular weight is 301 g/mol. The standard InChI is InChI=1S/C14H14Cl2OS/c1-8-6-13(18-9(8)2)14(16)10-4-5-12(17-3)11(15)7-10/h4-7,14H,1-3H3. The SMILES string of the molecule is COc1ccc(C(Cl)c2cc(C)c(C)s2)cc1Cl. The number of methoxy groups -OCH3 is 1. The van der Waals surface area contributed by atoms with Crippen LogP contribution in [0.1, 0.15) is 26.3 Å². The van der Waals surface area contributed by atoms with Gasteiger partial charge < -0.3 is 4.74 Å². The van der Waals surface area contributed by atoms with Gasteiger partial charge in [-0.25, -0.2) is 0 Å². The van der Waals surface area contributed by atoms with Crippen molar-refractivity contribution < 1.29 is 4.74 Å². The molecule has 4 heteroatoms. The first-order chi connectivity index (χ1) is 8.52. The molecule has 0 fully saturated rings. The molecule has 0 aliphatic rings. The molecule has 18 heavy (non-hydrogen) atoms. The van der Waals surface area contributed by atoms with E-state index < -0.39 is 0 Å². The zero-order valence-electron chi connectivity index (χ0n) is 10.5. The molecule has 2 aromatic rings. The molecule has 1 aromatic carbocycles. The summed E-state index contributed by atoms with van der Waals surface area (Å²) in [6.07, 6.45) is 0. The van der Waals surface area contributed by atoms with E-state index in [4.69, 9.17) is 27.9 Å². The van der Waals surface area contributed by atoms with Crippen LogP contribution in [0.2, 0.25) is 5.02 Å². The fourth-order valence-electron chi connectivity index (χ4n) is 1.73. The lowest BCUT2D eigenvalue weighted by Crippen LogP contribution is -1.92. The van der Waals surface area contributed by atoms with Gasteiger partial charge in [-0.3, -0.25) is 0 Å². The second kappa shape index (κ2) is 5.52. The Bertz CT molecular complexity index is 543. The van der Waals surface area contributed by atoms with Crippen molar-refractivity contribution in [1.29, 1.82) is 0 Å². The Labute approximate surface area is 121 Å². The molecular formula is C14H14Cl2OS. The molecule has 0 saturated carbocycles. The van der Waals surface area contributed by atoms with E-state index in [0.717, 1.165) is 10.4 Å². The van der Waals surface area contributed by atoms with Gasteiger partial charge in [-0.15, -0.1) is 22.9 Å². The highest BCUT2D eigenvalue weighted by atomic mass is 35.5. The molecule has 1 atom stereocenters. The Kier molecular flexibility index (Phi) is 4.21. The van der Waals surface area contributed by atoms with Crippen LogP contribution in [-0.2, 0) is 0 Å². The van der Waals surface area contributed by atoms with Crippen LogP contribution in [0, 0.1) is 13.8 Å². The Hall–Kier alpha value is -0.700. The van der Waals surface area contributed by atoms with Crippen LogP contribution in [0.3, 0.4) is 0 Å². The molecule has 1 unspecified atom stereocenters. The molecular weight excluding hydrogens is 287 g/mol. The number of halogens is 2. The Morgan fingerprint density at radius 3 is 2.44 bits per heavy atom. The molecule has 0 aliphatic heterocycles. The molecule has 0 saturated heterocycles. The molecule has 0 bridgehead atoms. The van der Waals surface area contributed by atoms with Gasteiger partial charge >= 0.3 is 0 Å². The van der Waals surface area contributed by atoms with Gasteiger partial charge in [-0.2, -0.15) is 0 Å². The third kappa shape index (κ3) is 2.66. The summed E-state index contributed by atoms with van der Waals surface area (Å²) in [6, 6.07) is 7.80. The van der Waals surface area contributed by atoms with Gasteiger partial charge in [0.25, 0.3) is 0 Å². The maximum Gasteiger partial charge on any atom is 0.137 e. The van der Waals surface area contributed by atoms with E-state index >= 15 is 0 Å². The van der Waals surface area contributed by atoms with Crippen LogP contribution in [0.15, 0.2) is 24.3 Å². The lowest BCUT2D eigenvalue weighted by atomic mass is 10.1. The van der Waals surface area contributed by atoms with E-state index in [1.807, 2.05) is 18.2 Å². The van der Waals surface area contributed by atoms with E-state index in [2.05, 4.69) is 19.9 Å². The normalized spacial score (nSPS) is 12.5. The molecule has 0 N–H and O–H groups in total. The number of aryl methyl sites for hydroxylation is 2. The third-order valence-electron chi connectivity index (χ3n) is 2.90. The van der Waals surface area contributed by atoms with Gasteiger partial charge in [0.15, 0.2) is 0 Å². The number of thiophene rings is 1. The highest BCUT2D eigenvalue weighted by Gasteiger charge is 2.15. The topological polar surface area (TPSA) is 9.23 Å². The van der Waals surface area contributed by atoms with Crippen molar-refractivity contribution in [3.05, 3.63) is 50.2 Å². The maximum absolute atomic E-state index is 6.50. The van der Waals surface area contributed by atoms with E-state index in [-0.39, 0.29) is 5.38 Å². The summed E-state index contributed by atoms with van der Waals surface area (Å²) in [5, 5.41) is 0.427. The van der Waals surface area contributed by atoms with E-state index in [0.29, 0.717) is 10.8 Å². The highest BCUT2D eigenvalue weighted by Crippen LogP contribution is 2.37. The van der Waals surface area contributed by atoms with Gasteiger partial charge in [0.1, 0.15) is 5.75 Å². The summed E-state index contributed by atoms with van der Waals surface area (Å²) in [5.74, 6) is 0.669. The van der Waals surface area contributed by atoms with Gasteiger partial charge in [0.2, 0.25) is 0 Å². The first kappa shape index (κ1) is 13.7. The molecule has 1 nitrogen and oxygen atoms in total. The quantitative estimate of drug-likeness (QED) is 0.694. The van der Waals surface area contributed by atoms with E-state index in [9.17, 15) is 0 Å². The second-order valence-corrected chi connectivity index (χ2v) is 6.28. The van der Waals surface area contributed by atoms with Crippen molar-refractivity contribution in [2.24, 2.45) is 0 Å². The minimum absolute atomic E-state index is 0.161. The number of ether oxygens (including phenoxy) is 1. The van der Waals surface area contributed by atoms with Crippen molar-refractivity contribution in [3.63, 3.8) is 0 Å². The predicted octanol–water partition coefficient (Wildman–Crippen LogP) is 5.36. The van der Waals surface area contributed by atoms with Crippen molar-refractivity contribution in [2.45, 2.75) is 19.2 Å². The first-order valence-corrected chi connectivity index (χ1v) is 7.20. The zero-order valence-corrected chi connectivity index (χ0v) is 12.8. The lowest BCUT2D eigenvalue weighted by Gasteiger charge is -2.10. The van der Waals surface area contributed by atoms with E-state index in [1.165, 1.54) is 10.4 Å². The van der Waals surface area contributed by atoms with Gasteiger partial charge in [0.05, 0.1) is 17.5 Å².